The van der Waals surface area contributed by atoms with Gasteiger partial charge in [0.15, 0.2) is 16.3 Å². The lowest BCUT2D eigenvalue weighted by Gasteiger charge is -2.03. The summed E-state index contributed by atoms with van der Waals surface area (Å²) in [6, 6.07) is 3.93. The molecule has 5 nitrogen and oxygen atoms in total. The first-order chi connectivity index (χ1) is 9.72. The summed E-state index contributed by atoms with van der Waals surface area (Å²) in [6.45, 7) is 5.02. The summed E-state index contributed by atoms with van der Waals surface area (Å²) < 4.78 is 14.0. The number of carbonyl (C=O) groups excluding carboxylic acids is 1. The third kappa shape index (κ3) is 2.20. The van der Waals surface area contributed by atoms with Crippen molar-refractivity contribution in [2.45, 2.75) is 33.2 Å². The second kappa shape index (κ2) is 5.28. The van der Waals surface area contributed by atoms with Gasteiger partial charge in [0.1, 0.15) is 0 Å². The molecule has 1 aliphatic rings. The summed E-state index contributed by atoms with van der Waals surface area (Å²) >= 11 is 1.51. The van der Waals surface area contributed by atoms with Gasteiger partial charge in [0.25, 0.3) is 0 Å². The summed E-state index contributed by atoms with van der Waals surface area (Å²) in [6.07, 6.45) is 1.40. The van der Waals surface area contributed by atoms with Crippen LogP contribution in [-0.2, 0) is 11.3 Å². The fourth-order valence-electron chi connectivity index (χ4n) is 2.17. The number of fused-ring (bicyclic) bond motifs is 2. The molecule has 0 spiro atoms. The number of hydrogen-bond acceptors (Lipinski definition) is 4. The highest BCUT2D eigenvalue weighted by Crippen LogP contribution is 2.36. The minimum absolute atomic E-state index is 0.0959. The third-order valence-corrected chi connectivity index (χ3v) is 4.19. The van der Waals surface area contributed by atoms with Gasteiger partial charge in [-0.05, 0) is 6.42 Å². The first-order valence-corrected chi connectivity index (χ1v) is 7.55. The van der Waals surface area contributed by atoms with Gasteiger partial charge in [0.2, 0.25) is 12.7 Å². The molecular formula is C14H16N2O3S. The van der Waals surface area contributed by atoms with E-state index in [1.54, 1.807) is 0 Å². The van der Waals surface area contributed by atoms with Gasteiger partial charge in [-0.2, -0.15) is 4.99 Å². The van der Waals surface area contributed by atoms with Crippen LogP contribution < -0.4 is 14.3 Å². The van der Waals surface area contributed by atoms with Crippen molar-refractivity contribution in [3.05, 3.63) is 16.9 Å². The maximum Gasteiger partial charge on any atom is 0.248 e. The number of nitrogens with zero attached hydrogens (tertiary/aromatic N) is 2. The number of benzene rings is 1. The average molecular weight is 292 g/mol. The highest BCUT2D eigenvalue weighted by Gasteiger charge is 2.17. The smallest absolute Gasteiger partial charge is 0.248 e. The molecule has 0 atom stereocenters. The SMILES string of the molecule is CCCn1c(=NC(=O)CC)sc2cc3c(cc21)OCO3. The summed E-state index contributed by atoms with van der Waals surface area (Å²) in [5.41, 5.74) is 1.05. The zero-order valence-corrected chi connectivity index (χ0v) is 12.3. The zero-order chi connectivity index (χ0) is 14.1. The number of hydrogen-bond donors (Lipinski definition) is 0. The van der Waals surface area contributed by atoms with Gasteiger partial charge in [0.05, 0.1) is 10.2 Å². The Balaban J connectivity index is 2.23. The molecule has 1 aliphatic heterocycles. The second-order valence-corrected chi connectivity index (χ2v) is 5.58. The minimum atomic E-state index is -0.0959. The van der Waals surface area contributed by atoms with Crippen molar-refractivity contribution in [2.75, 3.05) is 6.79 Å². The summed E-state index contributed by atoms with van der Waals surface area (Å²) in [7, 11) is 0. The number of rotatable bonds is 3. The molecule has 0 bridgehead atoms. The van der Waals surface area contributed by atoms with Crippen LogP contribution in [0.1, 0.15) is 26.7 Å². The molecule has 0 fully saturated rings. The standard InChI is InChI=1S/C14H16N2O3S/c1-3-5-16-9-6-10-11(19-8-18-10)7-12(9)20-14(16)15-13(17)4-2/h6-7H,3-5,8H2,1-2H3. The molecule has 6 heteroatoms. The molecular weight excluding hydrogens is 276 g/mol. The average Bonchev–Trinajstić information content (AvgIpc) is 3.01. The fraction of sp³-hybridized carbons (Fsp3) is 0.429. The number of amides is 1. The number of carbonyl (C=O) groups is 1. The van der Waals surface area contributed by atoms with Crippen LogP contribution in [0.15, 0.2) is 17.1 Å². The van der Waals surface area contributed by atoms with Gasteiger partial charge in [0, 0.05) is 25.1 Å². The van der Waals surface area contributed by atoms with Gasteiger partial charge in [-0.3, -0.25) is 4.79 Å². The van der Waals surface area contributed by atoms with Crippen LogP contribution in [0.2, 0.25) is 0 Å². The Morgan fingerprint density at radius 2 is 2.10 bits per heavy atom. The Morgan fingerprint density at radius 3 is 2.80 bits per heavy atom. The molecule has 0 saturated heterocycles. The topological polar surface area (TPSA) is 52.8 Å². The highest BCUT2D eigenvalue weighted by atomic mass is 32.1. The van der Waals surface area contributed by atoms with Crippen molar-refractivity contribution in [2.24, 2.45) is 4.99 Å². The highest BCUT2D eigenvalue weighted by molar-refractivity contribution is 7.16. The van der Waals surface area contributed by atoms with Crippen molar-refractivity contribution < 1.29 is 14.3 Å². The van der Waals surface area contributed by atoms with E-state index in [1.807, 2.05) is 19.1 Å². The molecule has 2 heterocycles. The van der Waals surface area contributed by atoms with E-state index >= 15 is 0 Å². The molecule has 0 aliphatic carbocycles. The van der Waals surface area contributed by atoms with Gasteiger partial charge in [-0.15, -0.1) is 0 Å². The number of thiazole rings is 1. The van der Waals surface area contributed by atoms with E-state index in [0.717, 1.165) is 39.5 Å². The van der Waals surface area contributed by atoms with Crippen LogP contribution in [0.5, 0.6) is 11.5 Å². The van der Waals surface area contributed by atoms with E-state index in [0.29, 0.717) is 6.42 Å². The van der Waals surface area contributed by atoms with E-state index in [4.69, 9.17) is 9.47 Å². The molecule has 2 aromatic rings. The Morgan fingerprint density at radius 1 is 1.35 bits per heavy atom. The molecule has 1 aromatic heterocycles. The first-order valence-electron chi connectivity index (χ1n) is 6.73. The lowest BCUT2D eigenvalue weighted by Crippen LogP contribution is -2.16. The van der Waals surface area contributed by atoms with Crippen LogP contribution in [-0.4, -0.2) is 17.3 Å². The molecule has 0 N–H and O–H groups in total. The van der Waals surface area contributed by atoms with Gasteiger partial charge < -0.3 is 14.0 Å². The van der Waals surface area contributed by atoms with E-state index in [9.17, 15) is 4.79 Å². The van der Waals surface area contributed by atoms with Crippen molar-refractivity contribution >= 4 is 27.5 Å². The number of aryl methyl sites for hydroxylation is 1. The van der Waals surface area contributed by atoms with Crippen molar-refractivity contribution in [1.82, 2.24) is 4.57 Å². The Labute approximate surface area is 120 Å². The number of ether oxygens (including phenoxy) is 2. The van der Waals surface area contributed by atoms with E-state index in [-0.39, 0.29) is 12.7 Å². The lowest BCUT2D eigenvalue weighted by molar-refractivity contribution is -0.117. The molecule has 106 valence electrons. The van der Waals surface area contributed by atoms with Crippen LogP contribution in [0, 0.1) is 0 Å². The van der Waals surface area contributed by atoms with E-state index < -0.39 is 0 Å². The van der Waals surface area contributed by atoms with E-state index in [2.05, 4.69) is 16.5 Å². The predicted octanol–water partition coefficient (Wildman–Crippen LogP) is 2.68. The largest absolute Gasteiger partial charge is 0.454 e. The van der Waals surface area contributed by atoms with Crippen molar-refractivity contribution in [3.63, 3.8) is 0 Å². The van der Waals surface area contributed by atoms with Crippen LogP contribution >= 0.6 is 11.3 Å². The minimum Gasteiger partial charge on any atom is -0.454 e. The Bertz CT molecular complexity index is 730. The normalized spacial score (nSPS) is 14.2. The molecule has 0 saturated carbocycles. The molecule has 3 rings (SSSR count). The zero-order valence-electron chi connectivity index (χ0n) is 11.5. The van der Waals surface area contributed by atoms with Gasteiger partial charge >= 0.3 is 0 Å². The van der Waals surface area contributed by atoms with Crippen molar-refractivity contribution in [1.29, 1.82) is 0 Å². The maximum atomic E-state index is 11.6. The van der Waals surface area contributed by atoms with E-state index in [1.165, 1.54) is 11.3 Å². The third-order valence-electron chi connectivity index (χ3n) is 3.15. The fourth-order valence-corrected chi connectivity index (χ4v) is 3.25. The molecule has 0 unspecified atom stereocenters. The van der Waals surface area contributed by atoms with Gasteiger partial charge in [-0.25, -0.2) is 0 Å². The Kier molecular flexibility index (Phi) is 3.48. The summed E-state index contributed by atoms with van der Waals surface area (Å²) in [4.78, 5) is 16.5. The predicted molar refractivity (Wildman–Crippen MR) is 77.1 cm³/mol. The molecule has 0 radical (unpaired) electrons. The summed E-state index contributed by atoms with van der Waals surface area (Å²) in [5.74, 6) is 1.42. The van der Waals surface area contributed by atoms with Crippen LogP contribution in [0.25, 0.3) is 10.2 Å². The first kappa shape index (κ1) is 13.2. The molecule has 1 aromatic carbocycles. The number of aromatic nitrogens is 1. The van der Waals surface area contributed by atoms with Crippen LogP contribution in [0.3, 0.4) is 0 Å². The molecule has 20 heavy (non-hydrogen) atoms. The maximum absolute atomic E-state index is 11.6. The summed E-state index contributed by atoms with van der Waals surface area (Å²) in [5, 5.41) is 0. The second-order valence-electron chi connectivity index (χ2n) is 4.57. The Hall–Kier alpha value is -1.82. The lowest BCUT2D eigenvalue weighted by atomic mass is 10.3. The quantitative estimate of drug-likeness (QED) is 0.874. The monoisotopic (exact) mass is 292 g/mol. The van der Waals surface area contributed by atoms with Crippen molar-refractivity contribution in [3.8, 4) is 11.5 Å². The van der Waals surface area contributed by atoms with Crippen LogP contribution in [0.4, 0.5) is 0 Å². The van der Waals surface area contributed by atoms with Gasteiger partial charge in [-0.1, -0.05) is 25.2 Å². The molecule has 1 amide bonds.